The predicted molar refractivity (Wildman–Crippen MR) is 69.4 cm³/mol. The number of aryl methyl sites for hydroxylation is 3. The van der Waals surface area contributed by atoms with Crippen LogP contribution >= 0.6 is 0 Å². The van der Waals surface area contributed by atoms with Gasteiger partial charge in [0.25, 0.3) is 0 Å². The van der Waals surface area contributed by atoms with Gasteiger partial charge in [-0.2, -0.15) is 0 Å². The van der Waals surface area contributed by atoms with Gasteiger partial charge < -0.3 is 10.5 Å². The van der Waals surface area contributed by atoms with Crippen LogP contribution in [0.2, 0.25) is 0 Å². The molecular formula is C14H16N2O. The minimum atomic E-state index is 0.528. The zero-order chi connectivity index (χ0) is 12.4. The number of pyridine rings is 1. The number of nitrogens with zero attached hydrogens (tertiary/aromatic N) is 1. The van der Waals surface area contributed by atoms with Crippen molar-refractivity contribution in [1.29, 1.82) is 0 Å². The van der Waals surface area contributed by atoms with E-state index in [-0.39, 0.29) is 0 Å². The molecule has 0 radical (unpaired) electrons. The molecule has 0 aliphatic carbocycles. The van der Waals surface area contributed by atoms with Crippen molar-refractivity contribution in [3.8, 4) is 11.6 Å². The summed E-state index contributed by atoms with van der Waals surface area (Å²) in [5.74, 6) is 1.34. The standard InChI is InChI=1S/C14H16N2O/c1-9-4-5-13(10(2)6-9)17-14-7-12(15)11(3)8-16-14/h4-8H,1-3H3,(H2,15,16). The van der Waals surface area contributed by atoms with E-state index in [2.05, 4.69) is 18.0 Å². The number of nitrogens with two attached hydrogens (primary N) is 1. The van der Waals surface area contributed by atoms with Gasteiger partial charge in [-0.3, -0.25) is 0 Å². The summed E-state index contributed by atoms with van der Waals surface area (Å²) >= 11 is 0. The van der Waals surface area contributed by atoms with E-state index in [0.29, 0.717) is 11.6 Å². The molecule has 0 fully saturated rings. The highest BCUT2D eigenvalue weighted by Gasteiger charge is 2.04. The highest BCUT2D eigenvalue weighted by molar-refractivity contribution is 5.48. The number of ether oxygens (including phenoxy) is 1. The molecule has 1 aromatic carbocycles. The molecule has 1 aromatic heterocycles. The van der Waals surface area contributed by atoms with Crippen molar-refractivity contribution in [2.75, 3.05) is 5.73 Å². The molecule has 0 saturated carbocycles. The van der Waals surface area contributed by atoms with Crippen molar-refractivity contribution in [3.63, 3.8) is 0 Å². The summed E-state index contributed by atoms with van der Waals surface area (Å²) in [4.78, 5) is 4.20. The number of hydrogen-bond donors (Lipinski definition) is 1. The zero-order valence-electron chi connectivity index (χ0n) is 10.3. The van der Waals surface area contributed by atoms with Crippen LogP contribution in [0, 0.1) is 20.8 Å². The van der Waals surface area contributed by atoms with Crippen LogP contribution in [0.5, 0.6) is 11.6 Å². The second-order valence-corrected chi connectivity index (χ2v) is 4.25. The van der Waals surface area contributed by atoms with Gasteiger partial charge in [-0.25, -0.2) is 4.98 Å². The Morgan fingerprint density at radius 1 is 1.06 bits per heavy atom. The average molecular weight is 228 g/mol. The molecule has 2 rings (SSSR count). The summed E-state index contributed by atoms with van der Waals surface area (Å²) in [5, 5.41) is 0. The zero-order valence-corrected chi connectivity index (χ0v) is 10.3. The number of rotatable bonds is 2. The van der Waals surface area contributed by atoms with Gasteiger partial charge in [0, 0.05) is 18.0 Å². The predicted octanol–water partition coefficient (Wildman–Crippen LogP) is 3.38. The summed E-state index contributed by atoms with van der Waals surface area (Å²) in [5.41, 5.74) is 9.77. The van der Waals surface area contributed by atoms with Crippen molar-refractivity contribution in [3.05, 3.63) is 47.2 Å². The molecular weight excluding hydrogens is 212 g/mol. The molecule has 0 bridgehead atoms. The maximum atomic E-state index is 5.82. The molecule has 0 atom stereocenters. The third-order valence-electron chi connectivity index (χ3n) is 2.66. The lowest BCUT2D eigenvalue weighted by atomic mass is 10.1. The summed E-state index contributed by atoms with van der Waals surface area (Å²) < 4.78 is 5.71. The second kappa shape index (κ2) is 4.45. The van der Waals surface area contributed by atoms with Crippen LogP contribution in [0.25, 0.3) is 0 Å². The van der Waals surface area contributed by atoms with Crippen LogP contribution in [-0.4, -0.2) is 4.98 Å². The molecule has 2 N–H and O–H groups in total. The number of anilines is 1. The Morgan fingerprint density at radius 3 is 2.47 bits per heavy atom. The normalized spacial score (nSPS) is 10.3. The van der Waals surface area contributed by atoms with E-state index < -0.39 is 0 Å². The maximum absolute atomic E-state index is 5.82. The van der Waals surface area contributed by atoms with Crippen LogP contribution < -0.4 is 10.5 Å². The third kappa shape index (κ3) is 2.56. The van der Waals surface area contributed by atoms with Crippen LogP contribution in [-0.2, 0) is 0 Å². The van der Waals surface area contributed by atoms with Crippen molar-refractivity contribution >= 4 is 5.69 Å². The summed E-state index contributed by atoms with van der Waals surface area (Å²) in [6.45, 7) is 5.99. The first-order valence-corrected chi connectivity index (χ1v) is 5.53. The van der Waals surface area contributed by atoms with Gasteiger partial charge in [-0.1, -0.05) is 17.7 Å². The Bertz CT molecular complexity index is 550. The van der Waals surface area contributed by atoms with Gasteiger partial charge in [0.2, 0.25) is 5.88 Å². The first kappa shape index (κ1) is 11.5. The average Bonchev–Trinajstić information content (AvgIpc) is 2.27. The lowest BCUT2D eigenvalue weighted by Gasteiger charge is -2.09. The number of benzene rings is 1. The summed E-state index contributed by atoms with van der Waals surface area (Å²) in [7, 11) is 0. The van der Waals surface area contributed by atoms with E-state index in [0.717, 1.165) is 16.9 Å². The first-order chi connectivity index (χ1) is 8.06. The number of hydrogen-bond acceptors (Lipinski definition) is 3. The van der Waals surface area contributed by atoms with Gasteiger partial charge in [-0.15, -0.1) is 0 Å². The molecule has 0 aliphatic rings. The van der Waals surface area contributed by atoms with Crippen molar-refractivity contribution in [2.45, 2.75) is 20.8 Å². The lowest BCUT2D eigenvalue weighted by molar-refractivity contribution is 0.459. The van der Waals surface area contributed by atoms with Crippen LogP contribution in [0.3, 0.4) is 0 Å². The highest BCUT2D eigenvalue weighted by Crippen LogP contribution is 2.25. The fourth-order valence-electron chi connectivity index (χ4n) is 1.60. The van der Waals surface area contributed by atoms with E-state index in [1.807, 2.05) is 26.0 Å². The van der Waals surface area contributed by atoms with E-state index in [4.69, 9.17) is 10.5 Å². The molecule has 17 heavy (non-hydrogen) atoms. The second-order valence-electron chi connectivity index (χ2n) is 4.25. The fraction of sp³-hybridized carbons (Fsp3) is 0.214. The Kier molecular flexibility index (Phi) is 3.00. The van der Waals surface area contributed by atoms with Gasteiger partial charge in [-0.05, 0) is 38.0 Å². The SMILES string of the molecule is Cc1ccc(Oc2cc(N)c(C)cn2)c(C)c1. The van der Waals surface area contributed by atoms with E-state index in [1.54, 1.807) is 12.3 Å². The molecule has 0 aliphatic heterocycles. The summed E-state index contributed by atoms with van der Waals surface area (Å²) in [6.07, 6.45) is 1.72. The van der Waals surface area contributed by atoms with Crippen LogP contribution in [0.15, 0.2) is 30.5 Å². The van der Waals surface area contributed by atoms with E-state index in [9.17, 15) is 0 Å². The monoisotopic (exact) mass is 228 g/mol. The molecule has 3 heteroatoms. The summed E-state index contributed by atoms with van der Waals surface area (Å²) in [6, 6.07) is 7.78. The molecule has 1 heterocycles. The topological polar surface area (TPSA) is 48.1 Å². The smallest absolute Gasteiger partial charge is 0.221 e. The van der Waals surface area contributed by atoms with Gasteiger partial charge in [0.1, 0.15) is 5.75 Å². The van der Waals surface area contributed by atoms with E-state index in [1.165, 1.54) is 5.56 Å². The van der Waals surface area contributed by atoms with Crippen molar-refractivity contribution < 1.29 is 4.74 Å². The third-order valence-corrected chi connectivity index (χ3v) is 2.66. The molecule has 3 nitrogen and oxygen atoms in total. The van der Waals surface area contributed by atoms with Gasteiger partial charge >= 0.3 is 0 Å². The highest BCUT2D eigenvalue weighted by atomic mass is 16.5. The van der Waals surface area contributed by atoms with Crippen LogP contribution in [0.1, 0.15) is 16.7 Å². The number of aromatic nitrogens is 1. The van der Waals surface area contributed by atoms with Crippen LogP contribution in [0.4, 0.5) is 5.69 Å². The Morgan fingerprint density at radius 2 is 1.82 bits per heavy atom. The maximum Gasteiger partial charge on any atom is 0.221 e. The van der Waals surface area contributed by atoms with E-state index >= 15 is 0 Å². The van der Waals surface area contributed by atoms with Gasteiger partial charge in [0.05, 0.1) is 0 Å². The Balaban J connectivity index is 2.28. The van der Waals surface area contributed by atoms with Gasteiger partial charge in [0.15, 0.2) is 0 Å². The minimum Gasteiger partial charge on any atom is -0.439 e. The molecule has 2 aromatic rings. The minimum absolute atomic E-state index is 0.528. The molecule has 0 amide bonds. The number of nitrogen functional groups attached to an aromatic ring is 1. The largest absolute Gasteiger partial charge is 0.439 e. The quantitative estimate of drug-likeness (QED) is 0.857. The van der Waals surface area contributed by atoms with Crippen molar-refractivity contribution in [2.24, 2.45) is 0 Å². The fourth-order valence-corrected chi connectivity index (χ4v) is 1.60. The lowest BCUT2D eigenvalue weighted by Crippen LogP contribution is -1.95. The van der Waals surface area contributed by atoms with Crippen molar-refractivity contribution in [1.82, 2.24) is 4.98 Å². The molecule has 0 saturated heterocycles. The Hall–Kier alpha value is -2.03. The molecule has 0 unspecified atom stereocenters. The Labute approximate surface area is 101 Å². The molecule has 0 spiro atoms. The first-order valence-electron chi connectivity index (χ1n) is 5.53. The molecule has 88 valence electrons.